The molecule has 0 fully saturated rings. The molecule has 212 valence electrons. The van der Waals surface area contributed by atoms with Gasteiger partial charge in [0.25, 0.3) is 10.1 Å². The first-order valence-electron chi connectivity index (χ1n) is 12.9. The van der Waals surface area contributed by atoms with E-state index >= 15 is 0 Å². The molecule has 0 radical (unpaired) electrons. The Morgan fingerprint density at radius 1 is 0.714 bits per heavy atom. The Bertz CT molecular complexity index is 678. The minimum atomic E-state index is -4.24. The summed E-state index contributed by atoms with van der Waals surface area (Å²) in [7, 11) is -8.96. The van der Waals surface area contributed by atoms with E-state index in [2.05, 4.69) is 20.0 Å². The van der Waals surface area contributed by atoms with Crippen LogP contribution in [0, 0.1) is 0 Å². The van der Waals surface area contributed by atoms with Crippen LogP contribution >= 0.6 is 0 Å². The smallest absolute Gasteiger partial charge is 0.264 e. The van der Waals surface area contributed by atoms with Crippen LogP contribution in [0.25, 0.3) is 0 Å². The topological polar surface area (TPSA) is 139 Å². The van der Waals surface area contributed by atoms with Crippen molar-refractivity contribution in [3.05, 3.63) is 0 Å². The minimum Gasteiger partial charge on any atom is -0.748 e. The third-order valence-corrected chi connectivity index (χ3v) is 8.93. The molecule has 35 heavy (non-hydrogen) atoms. The van der Waals surface area contributed by atoms with Gasteiger partial charge in [0.05, 0.1) is 68.5 Å². The van der Waals surface area contributed by atoms with Crippen molar-refractivity contribution in [2.24, 2.45) is 0 Å². The maximum atomic E-state index is 11.1. The van der Waals surface area contributed by atoms with E-state index in [1.165, 1.54) is 6.04 Å². The van der Waals surface area contributed by atoms with Gasteiger partial charge in [-0.05, 0) is 38.5 Å². The molecule has 0 saturated carbocycles. The zero-order valence-electron chi connectivity index (χ0n) is 22.0. The third-order valence-electron chi connectivity index (χ3n) is 5.78. The van der Waals surface area contributed by atoms with Crippen molar-refractivity contribution in [3.63, 3.8) is 0 Å². The summed E-state index contributed by atoms with van der Waals surface area (Å²) in [5.74, 6) is -0.638. The molecular formula is C22H49NO9S2Si. The van der Waals surface area contributed by atoms with Crippen molar-refractivity contribution in [1.82, 2.24) is 0 Å². The highest BCUT2D eigenvalue weighted by Gasteiger charge is 2.27. The number of unbranched alkanes of at least 4 members (excludes halogenated alkanes) is 2. The van der Waals surface area contributed by atoms with E-state index in [-0.39, 0.29) is 11.5 Å². The summed E-state index contributed by atoms with van der Waals surface area (Å²) in [5.41, 5.74) is 0. The van der Waals surface area contributed by atoms with Gasteiger partial charge in [0, 0.05) is 21.2 Å². The molecule has 0 heterocycles. The summed E-state index contributed by atoms with van der Waals surface area (Å²) in [6.07, 6.45) is 3.92. The second-order valence-corrected chi connectivity index (χ2v) is 16.0. The molecule has 0 aromatic carbocycles. The fourth-order valence-corrected chi connectivity index (χ4v) is 6.03. The molecule has 0 amide bonds. The number of hydrogen-bond acceptors (Lipinski definition) is 8. The van der Waals surface area contributed by atoms with Crippen molar-refractivity contribution < 1.29 is 44.6 Å². The Balaban J connectivity index is 4.86. The fraction of sp³-hybridized carbons (Fsp3) is 1.00. The zero-order chi connectivity index (χ0) is 26.6. The molecule has 1 N–H and O–H groups in total. The highest BCUT2D eigenvalue weighted by molar-refractivity contribution is 7.85. The second-order valence-electron chi connectivity index (χ2n) is 9.57. The number of hydrogen-bond donors (Lipinski definition) is 1. The average Bonchev–Trinajstić information content (AvgIpc) is 2.74. The van der Waals surface area contributed by atoms with Gasteiger partial charge in [-0.25, -0.2) is 8.42 Å². The molecule has 0 aromatic heterocycles. The van der Waals surface area contributed by atoms with Crippen LogP contribution in [0.1, 0.15) is 45.4 Å². The first-order chi connectivity index (χ1) is 16.4. The summed E-state index contributed by atoms with van der Waals surface area (Å²) in [6, 6.07) is 1.19. The van der Waals surface area contributed by atoms with E-state index in [9.17, 15) is 21.4 Å². The van der Waals surface area contributed by atoms with Gasteiger partial charge >= 0.3 is 0 Å². The molecule has 0 aliphatic carbocycles. The van der Waals surface area contributed by atoms with E-state index in [0.29, 0.717) is 76.3 Å². The van der Waals surface area contributed by atoms with Crippen molar-refractivity contribution in [3.8, 4) is 0 Å². The van der Waals surface area contributed by atoms with Crippen LogP contribution in [0.4, 0.5) is 0 Å². The van der Waals surface area contributed by atoms with Crippen LogP contribution in [-0.4, -0.2) is 117 Å². The van der Waals surface area contributed by atoms with Crippen LogP contribution in [0.15, 0.2) is 0 Å². The number of quaternary nitrogens is 1. The van der Waals surface area contributed by atoms with Gasteiger partial charge in [-0.2, -0.15) is 8.42 Å². The maximum Gasteiger partial charge on any atom is 0.264 e. The Morgan fingerprint density at radius 3 is 1.69 bits per heavy atom. The first kappa shape index (κ1) is 34.9. The lowest BCUT2D eigenvalue weighted by atomic mass is 10.2. The van der Waals surface area contributed by atoms with Crippen LogP contribution in [-0.2, 0) is 34.4 Å². The highest BCUT2D eigenvalue weighted by atomic mass is 32.2. The van der Waals surface area contributed by atoms with Crippen LogP contribution in [0.3, 0.4) is 0 Å². The van der Waals surface area contributed by atoms with Crippen molar-refractivity contribution in [1.29, 1.82) is 0 Å². The molecule has 0 saturated heterocycles. The second kappa shape index (κ2) is 19.9. The molecule has 10 nitrogen and oxygen atoms in total. The van der Waals surface area contributed by atoms with Gasteiger partial charge in [0.2, 0.25) is 0 Å². The van der Waals surface area contributed by atoms with Gasteiger partial charge in [-0.1, -0.05) is 26.1 Å². The minimum absolute atomic E-state index is 0.268. The van der Waals surface area contributed by atoms with E-state index in [1.807, 2.05) is 0 Å². The van der Waals surface area contributed by atoms with Crippen LogP contribution < -0.4 is 0 Å². The monoisotopic (exact) mass is 563 g/mol. The lowest BCUT2D eigenvalue weighted by Gasteiger charge is -2.39. The molecule has 0 bridgehead atoms. The van der Waals surface area contributed by atoms with Gasteiger partial charge in [0.15, 0.2) is 0 Å². The summed E-state index contributed by atoms with van der Waals surface area (Å²) < 4.78 is 81.7. The summed E-state index contributed by atoms with van der Waals surface area (Å²) >= 11 is 0. The van der Waals surface area contributed by atoms with Gasteiger partial charge in [-0.15, -0.1) is 0 Å². The van der Waals surface area contributed by atoms with E-state index in [0.717, 1.165) is 32.5 Å². The number of nitrogens with zero attached hydrogens (tertiary/aromatic N) is 1. The summed E-state index contributed by atoms with van der Waals surface area (Å²) in [5, 5.41) is 0. The molecule has 1 unspecified atom stereocenters. The van der Waals surface area contributed by atoms with E-state index in [1.54, 1.807) is 0 Å². The van der Waals surface area contributed by atoms with Crippen LogP contribution in [0.2, 0.25) is 19.1 Å². The first-order valence-corrected chi connectivity index (χ1v) is 19.2. The Labute approximate surface area is 215 Å². The van der Waals surface area contributed by atoms with Crippen molar-refractivity contribution in [2.45, 2.75) is 64.6 Å². The Morgan fingerprint density at radius 2 is 1.20 bits per heavy atom. The standard InChI is InChI=1S/C22H49NO9S2Si/c1-4-14-30-16-18-32-19-17-31-15-13-23(12-9-22-35(2)3,10-5-7-20-33(24,25)26)11-6-8-21-34(27,28)29/h35H,4-22H2,1-3H3,(H-,24,25,26,27,28,29). The maximum absolute atomic E-state index is 11.1. The largest absolute Gasteiger partial charge is 0.748 e. The predicted molar refractivity (Wildman–Crippen MR) is 140 cm³/mol. The lowest BCUT2D eigenvalue weighted by molar-refractivity contribution is -0.929. The summed E-state index contributed by atoms with van der Waals surface area (Å²) in [4.78, 5) is 0. The zero-order valence-corrected chi connectivity index (χ0v) is 24.8. The lowest BCUT2D eigenvalue weighted by Crippen LogP contribution is -2.52. The molecule has 0 rings (SSSR count). The Hall–Kier alpha value is -0.123. The molecule has 13 heteroatoms. The van der Waals surface area contributed by atoms with Crippen molar-refractivity contribution >= 4 is 29.0 Å². The van der Waals surface area contributed by atoms with Crippen LogP contribution in [0.5, 0.6) is 0 Å². The van der Waals surface area contributed by atoms with Gasteiger partial charge in [0.1, 0.15) is 6.54 Å². The molecule has 0 aliphatic heterocycles. The highest BCUT2D eigenvalue weighted by Crippen LogP contribution is 2.16. The number of rotatable bonds is 25. The SMILES string of the molecule is CCCOCCOCCOCC[N+](CCCCS(=O)(=O)[O-])(CCCCS(=O)(=O)O)CCC[SiH](C)C. The Kier molecular flexibility index (Phi) is 19.8. The summed E-state index contributed by atoms with van der Waals surface area (Å²) in [6.45, 7) is 13.0. The average molecular weight is 564 g/mol. The van der Waals surface area contributed by atoms with Crippen molar-refractivity contribution in [2.75, 3.05) is 77.3 Å². The van der Waals surface area contributed by atoms with E-state index in [4.69, 9.17) is 18.8 Å². The van der Waals surface area contributed by atoms with E-state index < -0.39 is 29.0 Å². The fourth-order valence-electron chi connectivity index (χ4n) is 3.91. The predicted octanol–water partition coefficient (Wildman–Crippen LogP) is 2.13. The molecule has 0 spiro atoms. The quantitative estimate of drug-likeness (QED) is 0.0766. The van der Waals surface area contributed by atoms with Gasteiger partial charge in [-0.3, -0.25) is 4.55 Å². The normalized spacial score (nSPS) is 14.5. The molecule has 1 atom stereocenters. The van der Waals surface area contributed by atoms with Gasteiger partial charge < -0.3 is 23.2 Å². The molecule has 0 aliphatic rings. The molecule has 0 aromatic rings. The molecular weight excluding hydrogens is 514 g/mol. The number of ether oxygens (including phenoxy) is 3. The third kappa shape index (κ3) is 24.0.